The second-order valence-corrected chi connectivity index (χ2v) is 5.48. The highest BCUT2D eigenvalue weighted by molar-refractivity contribution is 6.39. The molecular weight excluding hydrogens is 283 g/mol. The molecular formula is C14H18Cl2N2O. The predicted octanol–water partition coefficient (Wildman–Crippen LogP) is 3.21. The first-order chi connectivity index (χ1) is 9.15. The normalized spacial score (nSPS) is 16.4. The van der Waals surface area contributed by atoms with Gasteiger partial charge in [-0.15, -0.1) is 0 Å². The third-order valence-electron chi connectivity index (χ3n) is 3.53. The molecule has 1 aromatic carbocycles. The van der Waals surface area contributed by atoms with Gasteiger partial charge in [-0.25, -0.2) is 0 Å². The van der Waals surface area contributed by atoms with Gasteiger partial charge < -0.3 is 10.2 Å². The van der Waals surface area contributed by atoms with Crippen LogP contribution in [0.5, 0.6) is 0 Å². The largest absolute Gasteiger partial charge is 0.336 e. The first kappa shape index (κ1) is 14.6. The lowest BCUT2D eigenvalue weighted by Gasteiger charge is -2.34. The average molecular weight is 301 g/mol. The number of carbonyl (C=O) groups excluding carboxylic acids is 1. The lowest BCUT2D eigenvalue weighted by molar-refractivity contribution is 0.0656. The monoisotopic (exact) mass is 300 g/mol. The van der Waals surface area contributed by atoms with E-state index < -0.39 is 0 Å². The standard InChI is InChI=1S/C14H18Cl2N2O/c1-2-18(10-6-8-17-9-7-10)14(19)13-11(15)4-3-5-12(13)16/h3-5,10,17H,2,6-9H2,1H3. The van der Waals surface area contributed by atoms with Gasteiger partial charge in [-0.3, -0.25) is 4.79 Å². The average Bonchev–Trinajstić information content (AvgIpc) is 2.40. The Morgan fingerprint density at radius 2 is 1.89 bits per heavy atom. The van der Waals surface area contributed by atoms with E-state index in [2.05, 4.69) is 5.32 Å². The van der Waals surface area contributed by atoms with Gasteiger partial charge in [0.15, 0.2) is 0 Å². The van der Waals surface area contributed by atoms with Crippen molar-refractivity contribution in [2.75, 3.05) is 19.6 Å². The summed E-state index contributed by atoms with van der Waals surface area (Å²) in [5, 5.41) is 4.15. The summed E-state index contributed by atoms with van der Waals surface area (Å²) >= 11 is 12.2. The van der Waals surface area contributed by atoms with Crippen LogP contribution in [0, 0.1) is 0 Å². The zero-order valence-corrected chi connectivity index (χ0v) is 12.5. The molecule has 5 heteroatoms. The van der Waals surface area contributed by atoms with Crippen molar-refractivity contribution in [1.29, 1.82) is 0 Å². The van der Waals surface area contributed by atoms with Crippen LogP contribution in [-0.4, -0.2) is 36.5 Å². The molecule has 0 unspecified atom stereocenters. The van der Waals surface area contributed by atoms with Crippen molar-refractivity contribution < 1.29 is 4.79 Å². The van der Waals surface area contributed by atoms with Crippen molar-refractivity contribution in [1.82, 2.24) is 10.2 Å². The van der Waals surface area contributed by atoms with Crippen molar-refractivity contribution in [2.45, 2.75) is 25.8 Å². The minimum absolute atomic E-state index is 0.0648. The van der Waals surface area contributed by atoms with Crippen molar-refractivity contribution in [3.05, 3.63) is 33.8 Å². The molecule has 0 radical (unpaired) electrons. The highest BCUT2D eigenvalue weighted by atomic mass is 35.5. The summed E-state index contributed by atoms with van der Waals surface area (Å²) in [6.07, 6.45) is 1.95. The van der Waals surface area contributed by atoms with Crippen LogP contribution in [-0.2, 0) is 0 Å². The fourth-order valence-electron chi connectivity index (χ4n) is 2.53. The number of carbonyl (C=O) groups is 1. The summed E-state index contributed by atoms with van der Waals surface area (Å²) in [5.74, 6) is -0.0648. The number of nitrogens with one attached hydrogen (secondary N) is 1. The van der Waals surface area contributed by atoms with E-state index in [1.54, 1.807) is 18.2 Å². The van der Waals surface area contributed by atoms with Crippen LogP contribution >= 0.6 is 23.2 Å². The van der Waals surface area contributed by atoms with Crippen LogP contribution in [0.1, 0.15) is 30.1 Å². The number of benzene rings is 1. The second kappa shape index (κ2) is 6.60. The molecule has 0 atom stereocenters. The Morgan fingerprint density at radius 3 is 2.42 bits per heavy atom. The molecule has 0 aromatic heterocycles. The highest BCUT2D eigenvalue weighted by Gasteiger charge is 2.27. The van der Waals surface area contributed by atoms with Gasteiger partial charge >= 0.3 is 0 Å². The Kier molecular flexibility index (Phi) is 5.08. The summed E-state index contributed by atoms with van der Waals surface area (Å²) in [6, 6.07) is 5.43. The van der Waals surface area contributed by atoms with E-state index in [9.17, 15) is 4.79 Å². The molecule has 1 aliphatic rings. The van der Waals surface area contributed by atoms with Crippen LogP contribution in [0.25, 0.3) is 0 Å². The maximum Gasteiger partial charge on any atom is 0.257 e. The minimum atomic E-state index is -0.0648. The fourth-order valence-corrected chi connectivity index (χ4v) is 3.09. The fraction of sp³-hybridized carbons (Fsp3) is 0.500. The second-order valence-electron chi connectivity index (χ2n) is 4.67. The molecule has 1 fully saturated rings. The first-order valence-electron chi connectivity index (χ1n) is 6.60. The Morgan fingerprint density at radius 1 is 1.32 bits per heavy atom. The number of rotatable bonds is 3. The Balaban J connectivity index is 2.25. The molecule has 0 aliphatic carbocycles. The molecule has 19 heavy (non-hydrogen) atoms. The van der Waals surface area contributed by atoms with Gasteiger partial charge in [0.25, 0.3) is 5.91 Å². The van der Waals surface area contributed by atoms with Gasteiger partial charge in [-0.2, -0.15) is 0 Å². The summed E-state index contributed by atoms with van der Waals surface area (Å²) in [6.45, 7) is 4.56. The Hall–Kier alpha value is -0.770. The van der Waals surface area contributed by atoms with E-state index >= 15 is 0 Å². The van der Waals surface area contributed by atoms with Crippen LogP contribution in [0.15, 0.2) is 18.2 Å². The number of piperidine rings is 1. The van der Waals surface area contributed by atoms with Gasteiger partial charge in [0.1, 0.15) is 0 Å². The first-order valence-corrected chi connectivity index (χ1v) is 7.36. The third-order valence-corrected chi connectivity index (χ3v) is 4.16. The maximum atomic E-state index is 12.7. The zero-order valence-electron chi connectivity index (χ0n) is 11.0. The quantitative estimate of drug-likeness (QED) is 0.930. The third kappa shape index (κ3) is 3.22. The lowest BCUT2D eigenvalue weighted by atomic mass is 10.0. The summed E-state index contributed by atoms with van der Waals surface area (Å²) < 4.78 is 0. The maximum absolute atomic E-state index is 12.7. The van der Waals surface area contributed by atoms with E-state index in [0.717, 1.165) is 25.9 Å². The van der Waals surface area contributed by atoms with Crippen LogP contribution in [0.3, 0.4) is 0 Å². The molecule has 1 heterocycles. The number of hydrogen-bond acceptors (Lipinski definition) is 2. The topological polar surface area (TPSA) is 32.3 Å². The van der Waals surface area contributed by atoms with Gasteiger partial charge in [-0.05, 0) is 45.0 Å². The number of hydrogen-bond donors (Lipinski definition) is 1. The van der Waals surface area contributed by atoms with Gasteiger partial charge in [-0.1, -0.05) is 29.3 Å². The summed E-state index contributed by atoms with van der Waals surface area (Å²) in [7, 11) is 0. The van der Waals surface area contributed by atoms with Crippen LogP contribution < -0.4 is 5.32 Å². The molecule has 1 saturated heterocycles. The zero-order chi connectivity index (χ0) is 13.8. The van der Waals surface area contributed by atoms with E-state index in [-0.39, 0.29) is 11.9 Å². The lowest BCUT2D eigenvalue weighted by Crippen LogP contribution is -2.46. The predicted molar refractivity (Wildman–Crippen MR) is 79.1 cm³/mol. The van der Waals surface area contributed by atoms with E-state index in [0.29, 0.717) is 22.2 Å². The number of amides is 1. The molecule has 2 rings (SSSR count). The molecule has 1 N–H and O–H groups in total. The molecule has 1 aromatic rings. The van der Waals surface area contributed by atoms with Crippen molar-refractivity contribution in [2.24, 2.45) is 0 Å². The highest BCUT2D eigenvalue weighted by Crippen LogP contribution is 2.27. The van der Waals surface area contributed by atoms with Crippen LogP contribution in [0.4, 0.5) is 0 Å². The van der Waals surface area contributed by atoms with E-state index in [1.807, 2.05) is 11.8 Å². The van der Waals surface area contributed by atoms with Crippen molar-refractivity contribution in [3.8, 4) is 0 Å². The van der Waals surface area contributed by atoms with Gasteiger partial charge in [0, 0.05) is 12.6 Å². The number of halogens is 2. The van der Waals surface area contributed by atoms with Gasteiger partial charge in [0.05, 0.1) is 15.6 Å². The van der Waals surface area contributed by atoms with Crippen molar-refractivity contribution in [3.63, 3.8) is 0 Å². The molecule has 0 saturated carbocycles. The Bertz CT molecular complexity index is 439. The minimum Gasteiger partial charge on any atom is -0.336 e. The van der Waals surface area contributed by atoms with Crippen molar-refractivity contribution >= 4 is 29.1 Å². The molecule has 3 nitrogen and oxygen atoms in total. The van der Waals surface area contributed by atoms with Gasteiger partial charge in [0.2, 0.25) is 0 Å². The smallest absolute Gasteiger partial charge is 0.257 e. The molecule has 0 spiro atoms. The SMILES string of the molecule is CCN(C(=O)c1c(Cl)cccc1Cl)C1CCNCC1. The van der Waals surface area contributed by atoms with Crippen LogP contribution in [0.2, 0.25) is 10.0 Å². The number of nitrogens with zero attached hydrogens (tertiary/aromatic N) is 1. The van der Waals surface area contributed by atoms with E-state index in [4.69, 9.17) is 23.2 Å². The van der Waals surface area contributed by atoms with E-state index in [1.165, 1.54) is 0 Å². The molecule has 0 bridgehead atoms. The molecule has 1 amide bonds. The summed E-state index contributed by atoms with van der Waals surface area (Å²) in [5.41, 5.74) is 0.422. The Labute approximate surface area is 123 Å². The molecule has 104 valence electrons. The summed E-state index contributed by atoms with van der Waals surface area (Å²) in [4.78, 5) is 14.5. The molecule has 1 aliphatic heterocycles.